The van der Waals surface area contributed by atoms with Crippen molar-refractivity contribution in [2.75, 3.05) is 0 Å². The normalized spacial score (nSPS) is 10.4. The van der Waals surface area contributed by atoms with Crippen molar-refractivity contribution >= 4 is 23.2 Å². The van der Waals surface area contributed by atoms with E-state index in [-0.39, 0.29) is 11.6 Å². The predicted octanol–water partition coefficient (Wildman–Crippen LogP) is 3.31. The van der Waals surface area contributed by atoms with Gasteiger partial charge in [-0.15, -0.1) is 11.3 Å². The minimum Gasteiger partial charge on any atom is -0.476 e. The molecule has 0 unspecified atom stereocenters. The van der Waals surface area contributed by atoms with E-state index in [1.807, 2.05) is 24.3 Å². The number of hydrogen-bond donors (Lipinski definition) is 2. The van der Waals surface area contributed by atoms with Gasteiger partial charge in [0.05, 0.1) is 0 Å². The molecule has 2 aromatic rings. The lowest BCUT2D eigenvalue weighted by Gasteiger charge is -2.06. The highest BCUT2D eigenvalue weighted by Gasteiger charge is 2.10. The summed E-state index contributed by atoms with van der Waals surface area (Å²) in [6.07, 6.45) is 2.44. The first-order valence-corrected chi connectivity index (χ1v) is 8.03. The van der Waals surface area contributed by atoms with E-state index >= 15 is 0 Å². The number of hydrogen-bond acceptors (Lipinski definition) is 4. The fourth-order valence-corrected chi connectivity index (χ4v) is 2.74. The summed E-state index contributed by atoms with van der Waals surface area (Å²) in [6, 6.07) is 7.61. The number of thiazole rings is 1. The van der Waals surface area contributed by atoms with Gasteiger partial charge in [-0.05, 0) is 18.1 Å². The summed E-state index contributed by atoms with van der Waals surface area (Å²) >= 11 is 1.30. The second-order valence-corrected chi connectivity index (χ2v) is 5.78. The fourth-order valence-electron chi connectivity index (χ4n) is 1.95. The molecule has 0 fully saturated rings. The number of rotatable bonds is 7. The highest BCUT2D eigenvalue weighted by molar-refractivity contribution is 7.13. The second kappa shape index (κ2) is 7.70. The Bertz CT molecular complexity index is 667. The Labute approximate surface area is 133 Å². The van der Waals surface area contributed by atoms with Crippen molar-refractivity contribution in [1.82, 2.24) is 10.3 Å². The Hall–Kier alpha value is -2.21. The first-order chi connectivity index (χ1) is 10.6. The number of aromatic carboxylic acids is 1. The van der Waals surface area contributed by atoms with E-state index in [9.17, 15) is 9.59 Å². The zero-order chi connectivity index (χ0) is 15.9. The van der Waals surface area contributed by atoms with Crippen LogP contribution in [0, 0.1) is 0 Å². The minimum absolute atomic E-state index is 0.0506. The van der Waals surface area contributed by atoms with Crippen LogP contribution in [-0.4, -0.2) is 22.0 Å². The Balaban J connectivity index is 2.03. The summed E-state index contributed by atoms with van der Waals surface area (Å²) in [5, 5.41) is 14.0. The highest BCUT2D eigenvalue weighted by atomic mass is 32.1. The van der Waals surface area contributed by atoms with E-state index in [4.69, 9.17) is 5.11 Å². The molecule has 0 saturated heterocycles. The maximum absolute atomic E-state index is 11.6. The number of carboxylic acid groups (broad SMARTS) is 1. The number of nitrogens with one attached hydrogen (secondary N) is 1. The number of carbonyl (C=O) groups is 2. The lowest BCUT2D eigenvalue weighted by molar-refractivity contribution is -0.121. The van der Waals surface area contributed by atoms with Crippen molar-refractivity contribution in [3.63, 3.8) is 0 Å². The number of aromatic nitrogens is 1. The standard InChI is InChI=1S/C16H18N2O3S/c1-2-3-7-14(19)17-9-11-5-4-6-12(8-11)15-18-13(10-22-15)16(20)21/h4-6,8,10H,2-3,7,9H2,1H3,(H,17,19)(H,20,21). The van der Waals surface area contributed by atoms with E-state index in [1.165, 1.54) is 16.7 Å². The van der Waals surface area contributed by atoms with Crippen LogP contribution in [0.4, 0.5) is 0 Å². The summed E-state index contributed by atoms with van der Waals surface area (Å²) in [7, 11) is 0. The SMILES string of the molecule is CCCCC(=O)NCc1cccc(-c2nc(C(=O)O)cs2)c1. The molecule has 0 aliphatic carbocycles. The van der Waals surface area contributed by atoms with Crippen LogP contribution in [0.5, 0.6) is 0 Å². The Kier molecular flexibility index (Phi) is 5.66. The third-order valence-corrected chi connectivity index (χ3v) is 4.04. The third kappa shape index (κ3) is 4.39. The molecular weight excluding hydrogens is 300 g/mol. The second-order valence-electron chi connectivity index (χ2n) is 4.92. The van der Waals surface area contributed by atoms with Crippen molar-refractivity contribution < 1.29 is 14.7 Å². The number of unbranched alkanes of at least 4 members (excludes halogenated alkanes) is 1. The van der Waals surface area contributed by atoms with Crippen LogP contribution in [0.25, 0.3) is 10.6 Å². The van der Waals surface area contributed by atoms with Gasteiger partial charge in [-0.3, -0.25) is 4.79 Å². The van der Waals surface area contributed by atoms with Crippen LogP contribution < -0.4 is 5.32 Å². The van der Waals surface area contributed by atoms with Crippen molar-refractivity contribution in [1.29, 1.82) is 0 Å². The first kappa shape index (κ1) is 16.2. The number of benzene rings is 1. The molecular formula is C16H18N2O3S. The molecule has 2 N–H and O–H groups in total. The van der Waals surface area contributed by atoms with Crippen LogP contribution in [0.3, 0.4) is 0 Å². The van der Waals surface area contributed by atoms with E-state index in [1.54, 1.807) is 0 Å². The minimum atomic E-state index is -1.03. The van der Waals surface area contributed by atoms with Crippen molar-refractivity contribution in [2.45, 2.75) is 32.7 Å². The molecule has 22 heavy (non-hydrogen) atoms. The monoisotopic (exact) mass is 318 g/mol. The molecule has 116 valence electrons. The molecule has 0 spiro atoms. The quantitative estimate of drug-likeness (QED) is 0.821. The maximum Gasteiger partial charge on any atom is 0.355 e. The van der Waals surface area contributed by atoms with Crippen molar-refractivity contribution in [3.05, 3.63) is 40.9 Å². The number of carboxylic acids is 1. The molecule has 6 heteroatoms. The zero-order valence-electron chi connectivity index (χ0n) is 12.3. The number of amides is 1. The zero-order valence-corrected chi connectivity index (χ0v) is 13.2. The molecule has 0 aliphatic heterocycles. The topological polar surface area (TPSA) is 79.3 Å². The van der Waals surface area contributed by atoms with Crippen LogP contribution in [-0.2, 0) is 11.3 Å². The van der Waals surface area contributed by atoms with Gasteiger partial charge in [0.25, 0.3) is 0 Å². The van der Waals surface area contributed by atoms with Crippen molar-refractivity contribution in [3.8, 4) is 10.6 Å². The molecule has 1 amide bonds. The summed E-state index contributed by atoms with van der Waals surface area (Å²) < 4.78 is 0. The molecule has 5 nitrogen and oxygen atoms in total. The highest BCUT2D eigenvalue weighted by Crippen LogP contribution is 2.24. The van der Waals surface area contributed by atoms with Crippen LogP contribution >= 0.6 is 11.3 Å². The van der Waals surface area contributed by atoms with Gasteiger partial charge in [0.1, 0.15) is 5.01 Å². The first-order valence-electron chi connectivity index (χ1n) is 7.15. The molecule has 0 atom stereocenters. The summed E-state index contributed by atoms with van der Waals surface area (Å²) in [4.78, 5) is 26.6. The molecule has 1 aromatic heterocycles. The molecule has 0 radical (unpaired) electrons. The Morgan fingerprint density at radius 2 is 2.18 bits per heavy atom. The van der Waals surface area contributed by atoms with Gasteiger partial charge in [0.15, 0.2) is 5.69 Å². The van der Waals surface area contributed by atoms with Gasteiger partial charge in [0, 0.05) is 23.9 Å². The Morgan fingerprint density at radius 3 is 2.86 bits per heavy atom. The van der Waals surface area contributed by atoms with Gasteiger partial charge in [-0.2, -0.15) is 0 Å². The largest absolute Gasteiger partial charge is 0.476 e. The average molecular weight is 318 g/mol. The molecule has 0 aliphatic rings. The van der Waals surface area contributed by atoms with E-state index in [2.05, 4.69) is 17.2 Å². The molecule has 1 aromatic carbocycles. The summed E-state index contributed by atoms with van der Waals surface area (Å²) in [6.45, 7) is 2.52. The van der Waals surface area contributed by atoms with Crippen LogP contribution in [0.2, 0.25) is 0 Å². The summed E-state index contributed by atoms with van der Waals surface area (Å²) in [5.41, 5.74) is 1.88. The Morgan fingerprint density at radius 1 is 1.36 bits per heavy atom. The predicted molar refractivity (Wildman–Crippen MR) is 85.9 cm³/mol. The lowest BCUT2D eigenvalue weighted by Crippen LogP contribution is -2.22. The lowest BCUT2D eigenvalue weighted by atomic mass is 10.1. The smallest absolute Gasteiger partial charge is 0.355 e. The molecule has 2 rings (SSSR count). The van der Waals surface area contributed by atoms with Crippen molar-refractivity contribution in [2.24, 2.45) is 0 Å². The van der Waals surface area contributed by atoms with Gasteiger partial charge in [-0.1, -0.05) is 31.5 Å². The average Bonchev–Trinajstić information content (AvgIpc) is 3.01. The fraction of sp³-hybridized carbons (Fsp3) is 0.312. The van der Waals surface area contributed by atoms with Crippen LogP contribution in [0.15, 0.2) is 29.6 Å². The van der Waals surface area contributed by atoms with Gasteiger partial charge < -0.3 is 10.4 Å². The van der Waals surface area contributed by atoms with Gasteiger partial charge in [-0.25, -0.2) is 9.78 Å². The van der Waals surface area contributed by atoms with Gasteiger partial charge in [0.2, 0.25) is 5.91 Å². The number of carbonyl (C=O) groups excluding carboxylic acids is 1. The summed E-state index contributed by atoms with van der Waals surface area (Å²) in [5.74, 6) is -0.975. The molecule has 0 saturated carbocycles. The molecule has 1 heterocycles. The third-order valence-electron chi connectivity index (χ3n) is 3.14. The number of nitrogens with zero attached hydrogens (tertiary/aromatic N) is 1. The van der Waals surface area contributed by atoms with E-state index in [0.29, 0.717) is 18.0 Å². The van der Waals surface area contributed by atoms with E-state index in [0.717, 1.165) is 24.0 Å². The van der Waals surface area contributed by atoms with E-state index < -0.39 is 5.97 Å². The molecule has 0 bridgehead atoms. The van der Waals surface area contributed by atoms with Crippen LogP contribution in [0.1, 0.15) is 42.2 Å². The maximum atomic E-state index is 11.6. The van der Waals surface area contributed by atoms with Gasteiger partial charge >= 0.3 is 5.97 Å².